The number of nitrogens with one attached hydrogen (secondary N) is 2. The third-order valence-corrected chi connectivity index (χ3v) is 3.25. The number of benzene rings is 1. The van der Waals surface area contributed by atoms with Crippen LogP contribution in [-0.2, 0) is 6.54 Å². The lowest BCUT2D eigenvalue weighted by Gasteiger charge is -2.10. The van der Waals surface area contributed by atoms with Crippen LogP contribution in [0.2, 0.25) is 0 Å². The summed E-state index contributed by atoms with van der Waals surface area (Å²) in [6.07, 6.45) is 3.33. The first kappa shape index (κ1) is 16.0. The molecule has 0 fully saturated rings. The summed E-state index contributed by atoms with van der Waals surface area (Å²) in [5.74, 6) is 0.431. The van der Waals surface area contributed by atoms with Gasteiger partial charge in [-0.25, -0.2) is 0 Å². The number of carbonyl (C=O) groups excluding carboxylic acids is 1. The average molecular weight is 297 g/mol. The van der Waals surface area contributed by atoms with Gasteiger partial charge in [-0.15, -0.1) is 0 Å². The van der Waals surface area contributed by atoms with Crippen molar-refractivity contribution in [3.63, 3.8) is 0 Å². The zero-order valence-electron chi connectivity index (χ0n) is 13.4. The normalized spacial score (nSPS) is 10.5. The van der Waals surface area contributed by atoms with Crippen LogP contribution >= 0.6 is 0 Å². The van der Waals surface area contributed by atoms with E-state index in [-0.39, 0.29) is 5.91 Å². The molecule has 1 amide bonds. The molecule has 4 heteroatoms. The average Bonchev–Trinajstić information content (AvgIpc) is 2.51. The summed E-state index contributed by atoms with van der Waals surface area (Å²) in [5.41, 5.74) is 3.72. The molecule has 1 heterocycles. The van der Waals surface area contributed by atoms with Crippen molar-refractivity contribution in [3.05, 3.63) is 59.4 Å². The predicted octanol–water partition coefficient (Wildman–Crippen LogP) is 3.39. The molecule has 0 spiro atoms. The van der Waals surface area contributed by atoms with Crippen LogP contribution in [-0.4, -0.2) is 17.4 Å². The highest BCUT2D eigenvalue weighted by atomic mass is 16.1. The number of pyridine rings is 1. The third kappa shape index (κ3) is 4.88. The minimum absolute atomic E-state index is 0.109. The van der Waals surface area contributed by atoms with Gasteiger partial charge in [-0.3, -0.25) is 9.78 Å². The summed E-state index contributed by atoms with van der Waals surface area (Å²) in [4.78, 5) is 16.3. The van der Waals surface area contributed by atoms with Gasteiger partial charge in [-0.2, -0.15) is 0 Å². The second-order valence-corrected chi connectivity index (χ2v) is 5.91. The lowest BCUT2D eigenvalue weighted by molar-refractivity contribution is 0.0950. The number of hydrogen-bond donors (Lipinski definition) is 2. The van der Waals surface area contributed by atoms with Crippen LogP contribution in [0.5, 0.6) is 0 Å². The third-order valence-electron chi connectivity index (χ3n) is 3.25. The van der Waals surface area contributed by atoms with Crippen molar-refractivity contribution in [1.82, 2.24) is 10.3 Å². The van der Waals surface area contributed by atoms with E-state index in [1.54, 1.807) is 12.4 Å². The maximum atomic E-state index is 12.2. The van der Waals surface area contributed by atoms with Gasteiger partial charge in [-0.05, 0) is 24.5 Å². The second-order valence-electron chi connectivity index (χ2n) is 5.91. The van der Waals surface area contributed by atoms with Gasteiger partial charge in [0, 0.05) is 25.5 Å². The summed E-state index contributed by atoms with van der Waals surface area (Å²) >= 11 is 0. The highest BCUT2D eigenvalue weighted by Crippen LogP contribution is 2.10. The predicted molar refractivity (Wildman–Crippen MR) is 89.9 cm³/mol. The topological polar surface area (TPSA) is 54.0 Å². The summed E-state index contributed by atoms with van der Waals surface area (Å²) in [5, 5.41) is 6.21. The molecule has 0 aliphatic carbocycles. The minimum Gasteiger partial charge on any atom is -0.384 e. The molecule has 4 nitrogen and oxygen atoms in total. The SMILES string of the molecule is Cc1cccc(CNC(=O)c2cncc(NCC(C)C)c2)c1. The standard InChI is InChI=1S/C18H23N3O/c1-13(2)9-20-17-8-16(11-19-12-17)18(22)21-10-15-6-4-5-14(3)7-15/h4-8,11-13,20H,9-10H2,1-3H3,(H,21,22). The van der Waals surface area contributed by atoms with Crippen LogP contribution in [0.4, 0.5) is 5.69 Å². The quantitative estimate of drug-likeness (QED) is 0.859. The van der Waals surface area contributed by atoms with Crippen LogP contribution < -0.4 is 10.6 Å². The van der Waals surface area contributed by atoms with Crippen molar-refractivity contribution < 1.29 is 4.79 Å². The zero-order chi connectivity index (χ0) is 15.9. The van der Waals surface area contributed by atoms with E-state index < -0.39 is 0 Å². The fraction of sp³-hybridized carbons (Fsp3) is 0.333. The van der Waals surface area contributed by atoms with E-state index in [2.05, 4.69) is 35.5 Å². The number of hydrogen-bond acceptors (Lipinski definition) is 3. The Hall–Kier alpha value is -2.36. The largest absolute Gasteiger partial charge is 0.384 e. The maximum absolute atomic E-state index is 12.2. The van der Waals surface area contributed by atoms with E-state index >= 15 is 0 Å². The molecule has 0 aliphatic heterocycles. The lowest BCUT2D eigenvalue weighted by atomic mass is 10.1. The van der Waals surface area contributed by atoms with Gasteiger partial charge in [0.25, 0.3) is 5.91 Å². The van der Waals surface area contributed by atoms with E-state index in [9.17, 15) is 4.79 Å². The molecule has 0 unspecified atom stereocenters. The fourth-order valence-electron chi connectivity index (χ4n) is 2.09. The first-order valence-corrected chi connectivity index (χ1v) is 7.57. The van der Waals surface area contributed by atoms with Crippen molar-refractivity contribution in [3.8, 4) is 0 Å². The molecule has 2 N–H and O–H groups in total. The summed E-state index contributed by atoms with van der Waals surface area (Å²) in [6.45, 7) is 7.69. The van der Waals surface area contributed by atoms with Gasteiger partial charge >= 0.3 is 0 Å². The summed E-state index contributed by atoms with van der Waals surface area (Å²) in [6, 6.07) is 9.94. The van der Waals surface area contributed by atoms with Gasteiger partial charge in [0.1, 0.15) is 0 Å². The number of nitrogens with zero attached hydrogens (tertiary/aromatic N) is 1. The molecule has 0 radical (unpaired) electrons. The monoisotopic (exact) mass is 297 g/mol. The van der Waals surface area contributed by atoms with E-state index in [1.807, 2.05) is 31.2 Å². The van der Waals surface area contributed by atoms with E-state index in [0.717, 1.165) is 17.8 Å². The molecule has 0 atom stereocenters. The van der Waals surface area contributed by atoms with Gasteiger partial charge in [0.2, 0.25) is 0 Å². The van der Waals surface area contributed by atoms with E-state index in [0.29, 0.717) is 18.0 Å². The molecular weight excluding hydrogens is 274 g/mol. The minimum atomic E-state index is -0.109. The van der Waals surface area contributed by atoms with E-state index in [4.69, 9.17) is 0 Å². The van der Waals surface area contributed by atoms with Crippen LogP contribution in [0.25, 0.3) is 0 Å². The van der Waals surface area contributed by atoms with Gasteiger partial charge in [-0.1, -0.05) is 43.7 Å². The van der Waals surface area contributed by atoms with Crippen molar-refractivity contribution in [2.45, 2.75) is 27.3 Å². The van der Waals surface area contributed by atoms with E-state index in [1.165, 1.54) is 5.56 Å². The number of rotatable bonds is 6. The van der Waals surface area contributed by atoms with Crippen molar-refractivity contribution in [1.29, 1.82) is 0 Å². The highest BCUT2D eigenvalue weighted by molar-refractivity contribution is 5.94. The van der Waals surface area contributed by atoms with Crippen LogP contribution in [0.15, 0.2) is 42.7 Å². The molecule has 0 saturated carbocycles. The first-order chi connectivity index (χ1) is 10.5. The number of carbonyl (C=O) groups is 1. The number of anilines is 1. The smallest absolute Gasteiger partial charge is 0.253 e. The molecule has 0 aliphatic rings. The molecule has 0 bridgehead atoms. The molecule has 2 aromatic rings. The first-order valence-electron chi connectivity index (χ1n) is 7.57. The fourth-order valence-corrected chi connectivity index (χ4v) is 2.09. The van der Waals surface area contributed by atoms with Crippen LogP contribution in [0, 0.1) is 12.8 Å². The van der Waals surface area contributed by atoms with Crippen molar-refractivity contribution in [2.75, 3.05) is 11.9 Å². The Balaban J connectivity index is 1.96. The maximum Gasteiger partial charge on any atom is 0.253 e. The molecule has 0 saturated heterocycles. The van der Waals surface area contributed by atoms with Crippen molar-refractivity contribution in [2.24, 2.45) is 5.92 Å². The summed E-state index contributed by atoms with van der Waals surface area (Å²) in [7, 11) is 0. The zero-order valence-corrected chi connectivity index (χ0v) is 13.4. The molecule has 1 aromatic carbocycles. The Morgan fingerprint density at radius 2 is 2.05 bits per heavy atom. The lowest BCUT2D eigenvalue weighted by Crippen LogP contribution is -2.23. The highest BCUT2D eigenvalue weighted by Gasteiger charge is 2.07. The Labute approximate surface area is 132 Å². The molecule has 116 valence electrons. The Morgan fingerprint density at radius 3 is 2.77 bits per heavy atom. The van der Waals surface area contributed by atoms with Gasteiger partial charge < -0.3 is 10.6 Å². The molecular formula is C18H23N3O. The van der Waals surface area contributed by atoms with Crippen LogP contribution in [0.1, 0.15) is 35.3 Å². The number of amides is 1. The molecule has 22 heavy (non-hydrogen) atoms. The second kappa shape index (κ2) is 7.59. The Bertz CT molecular complexity index is 638. The molecule has 1 aromatic heterocycles. The van der Waals surface area contributed by atoms with Crippen molar-refractivity contribution >= 4 is 11.6 Å². The van der Waals surface area contributed by atoms with Gasteiger partial charge in [0.15, 0.2) is 0 Å². The Kier molecular flexibility index (Phi) is 5.53. The Morgan fingerprint density at radius 1 is 1.23 bits per heavy atom. The number of aryl methyl sites for hydroxylation is 1. The van der Waals surface area contributed by atoms with Crippen LogP contribution in [0.3, 0.4) is 0 Å². The summed E-state index contributed by atoms with van der Waals surface area (Å²) < 4.78 is 0. The molecule has 2 rings (SSSR count). The number of aromatic nitrogens is 1. The van der Waals surface area contributed by atoms with Gasteiger partial charge in [0.05, 0.1) is 11.3 Å².